The molecule has 27 heavy (non-hydrogen) atoms. The van der Waals surface area contributed by atoms with E-state index in [-0.39, 0.29) is 29.8 Å². The fourth-order valence-corrected chi connectivity index (χ4v) is 5.10. The van der Waals surface area contributed by atoms with Gasteiger partial charge in [0.2, 0.25) is 5.91 Å². The Morgan fingerprint density at radius 3 is 2.70 bits per heavy atom. The van der Waals surface area contributed by atoms with Gasteiger partial charge in [0, 0.05) is 23.6 Å². The summed E-state index contributed by atoms with van der Waals surface area (Å²) in [5.74, 6) is 1.25. The zero-order valence-electron chi connectivity index (χ0n) is 16.1. The van der Waals surface area contributed by atoms with Crippen LogP contribution in [0.3, 0.4) is 0 Å². The Morgan fingerprint density at radius 1 is 1.15 bits per heavy atom. The Labute approximate surface area is 160 Å². The van der Waals surface area contributed by atoms with E-state index in [1.807, 2.05) is 36.4 Å². The van der Waals surface area contributed by atoms with Gasteiger partial charge in [-0.1, -0.05) is 44.2 Å². The monoisotopic (exact) mass is 364 g/mol. The molecule has 5 atom stereocenters. The van der Waals surface area contributed by atoms with Crippen LogP contribution < -0.4 is 10.6 Å². The number of rotatable bonds is 3. The van der Waals surface area contributed by atoms with E-state index in [0.717, 1.165) is 36.5 Å². The van der Waals surface area contributed by atoms with Crippen LogP contribution >= 0.6 is 0 Å². The van der Waals surface area contributed by atoms with Crippen molar-refractivity contribution in [2.45, 2.75) is 51.6 Å². The van der Waals surface area contributed by atoms with Crippen LogP contribution in [-0.2, 0) is 4.79 Å². The van der Waals surface area contributed by atoms with Gasteiger partial charge < -0.3 is 10.6 Å². The Morgan fingerprint density at radius 2 is 1.93 bits per heavy atom. The molecule has 2 aliphatic rings. The molecule has 0 aromatic heterocycles. The molecular formula is C23H28N2O2. The first kappa shape index (κ1) is 18.0. The van der Waals surface area contributed by atoms with Crippen molar-refractivity contribution in [3.8, 4) is 0 Å². The lowest BCUT2D eigenvalue weighted by atomic mass is 9.67. The molecule has 2 amide bonds. The number of nitrogens with one attached hydrogen (secondary N) is 2. The Bertz CT molecular complexity index is 862. The summed E-state index contributed by atoms with van der Waals surface area (Å²) in [6.45, 7) is 4.31. The quantitative estimate of drug-likeness (QED) is 0.868. The lowest BCUT2D eigenvalue weighted by molar-refractivity contribution is -0.133. The third-order valence-electron chi connectivity index (χ3n) is 6.66. The van der Waals surface area contributed by atoms with Gasteiger partial charge in [0.25, 0.3) is 5.91 Å². The summed E-state index contributed by atoms with van der Waals surface area (Å²) < 4.78 is 0. The van der Waals surface area contributed by atoms with E-state index in [1.54, 1.807) is 0 Å². The fourth-order valence-electron chi connectivity index (χ4n) is 5.10. The van der Waals surface area contributed by atoms with Crippen molar-refractivity contribution < 1.29 is 9.59 Å². The Kier molecular flexibility index (Phi) is 4.90. The molecule has 1 aliphatic heterocycles. The van der Waals surface area contributed by atoms with Gasteiger partial charge in [0.05, 0.1) is 0 Å². The van der Waals surface area contributed by atoms with Gasteiger partial charge in [0.15, 0.2) is 0 Å². The van der Waals surface area contributed by atoms with Crippen molar-refractivity contribution in [3.05, 3.63) is 48.0 Å². The van der Waals surface area contributed by atoms with E-state index in [1.165, 1.54) is 0 Å². The molecule has 2 aromatic carbocycles. The highest BCUT2D eigenvalue weighted by Gasteiger charge is 2.43. The van der Waals surface area contributed by atoms with Crippen LogP contribution in [-0.4, -0.2) is 23.9 Å². The third-order valence-corrected chi connectivity index (χ3v) is 6.66. The van der Waals surface area contributed by atoms with Gasteiger partial charge in [-0.05, 0) is 60.4 Å². The summed E-state index contributed by atoms with van der Waals surface area (Å²) in [7, 11) is 0. The van der Waals surface area contributed by atoms with Crippen LogP contribution in [0, 0.1) is 17.8 Å². The minimum atomic E-state index is -0.0224. The first-order valence-electron chi connectivity index (χ1n) is 10.2. The average Bonchev–Trinajstić information content (AvgIpc) is 2.67. The lowest BCUT2D eigenvalue weighted by Crippen LogP contribution is -2.58. The number of amides is 2. The molecule has 1 aliphatic carbocycles. The SMILES string of the molecule is CCC1C(=O)NC2CC(NC(=O)c3ccc4ccccc4c3)CCC2C1C. The molecule has 0 bridgehead atoms. The van der Waals surface area contributed by atoms with Gasteiger partial charge in [-0.2, -0.15) is 0 Å². The first-order chi connectivity index (χ1) is 13.1. The number of fused-ring (bicyclic) bond motifs is 2. The van der Waals surface area contributed by atoms with E-state index in [0.29, 0.717) is 17.4 Å². The molecule has 4 rings (SSSR count). The summed E-state index contributed by atoms with van der Waals surface area (Å²) in [5.41, 5.74) is 0.697. The molecule has 142 valence electrons. The maximum Gasteiger partial charge on any atom is 0.251 e. The van der Waals surface area contributed by atoms with Gasteiger partial charge in [-0.3, -0.25) is 9.59 Å². The maximum absolute atomic E-state index is 12.7. The topological polar surface area (TPSA) is 58.2 Å². The molecule has 1 saturated heterocycles. The minimum absolute atomic E-state index is 0.0224. The smallest absolute Gasteiger partial charge is 0.251 e. The van der Waals surface area contributed by atoms with Crippen LogP contribution in [0.25, 0.3) is 10.8 Å². The highest BCUT2D eigenvalue weighted by molar-refractivity contribution is 5.98. The van der Waals surface area contributed by atoms with Crippen molar-refractivity contribution in [2.75, 3.05) is 0 Å². The summed E-state index contributed by atoms with van der Waals surface area (Å²) in [6.07, 6.45) is 3.78. The van der Waals surface area contributed by atoms with Crippen molar-refractivity contribution in [2.24, 2.45) is 17.8 Å². The van der Waals surface area contributed by atoms with Crippen LogP contribution in [0.1, 0.15) is 49.9 Å². The molecule has 1 heterocycles. The maximum atomic E-state index is 12.7. The molecule has 0 spiro atoms. The molecule has 5 unspecified atom stereocenters. The van der Waals surface area contributed by atoms with E-state index >= 15 is 0 Å². The predicted molar refractivity (Wildman–Crippen MR) is 107 cm³/mol. The number of carbonyl (C=O) groups is 2. The van der Waals surface area contributed by atoms with Gasteiger partial charge in [-0.25, -0.2) is 0 Å². The molecular weight excluding hydrogens is 336 g/mol. The fraction of sp³-hybridized carbons (Fsp3) is 0.478. The van der Waals surface area contributed by atoms with Crippen molar-refractivity contribution >= 4 is 22.6 Å². The van der Waals surface area contributed by atoms with Gasteiger partial charge >= 0.3 is 0 Å². The van der Waals surface area contributed by atoms with Crippen LogP contribution in [0.15, 0.2) is 42.5 Å². The minimum Gasteiger partial charge on any atom is -0.353 e. The second-order valence-electron chi connectivity index (χ2n) is 8.20. The number of hydrogen-bond donors (Lipinski definition) is 2. The highest BCUT2D eigenvalue weighted by atomic mass is 16.2. The first-order valence-corrected chi connectivity index (χ1v) is 10.2. The molecule has 2 N–H and O–H groups in total. The molecule has 4 heteroatoms. The van der Waals surface area contributed by atoms with Gasteiger partial charge in [-0.15, -0.1) is 0 Å². The van der Waals surface area contributed by atoms with E-state index in [4.69, 9.17) is 0 Å². The summed E-state index contributed by atoms with van der Waals surface area (Å²) in [4.78, 5) is 25.1. The normalized spacial score (nSPS) is 30.4. The standard InChI is InChI=1S/C23H28N2O2/c1-3-19-14(2)20-11-10-18(13-21(20)25-23(19)27)24-22(26)17-9-8-15-6-4-5-7-16(15)12-17/h4-9,12,14,18-21H,3,10-11,13H2,1-2H3,(H,24,26)(H,25,27). The van der Waals surface area contributed by atoms with Crippen LogP contribution in [0.2, 0.25) is 0 Å². The lowest BCUT2D eigenvalue weighted by Gasteiger charge is -2.46. The second-order valence-corrected chi connectivity index (χ2v) is 8.20. The number of carbonyl (C=O) groups excluding carboxylic acids is 2. The van der Waals surface area contributed by atoms with Crippen molar-refractivity contribution in [1.29, 1.82) is 0 Å². The van der Waals surface area contributed by atoms with E-state index < -0.39 is 0 Å². The van der Waals surface area contributed by atoms with E-state index in [9.17, 15) is 9.59 Å². The second kappa shape index (κ2) is 7.34. The molecule has 0 radical (unpaired) electrons. The van der Waals surface area contributed by atoms with Crippen molar-refractivity contribution in [1.82, 2.24) is 10.6 Å². The Hall–Kier alpha value is -2.36. The summed E-state index contributed by atoms with van der Waals surface area (Å²) in [6, 6.07) is 14.2. The molecule has 4 nitrogen and oxygen atoms in total. The van der Waals surface area contributed by atoms with E-state index in [2.05, 4.69) is 30.5 Å². The third kappa shape index (κ3) is 3.45. The summed E-state index contributed by atoms with van der Waals surface area (Å²) in [5, 5.41) is 8.64. The van der Waals surface area contributed by atoms with Crippen LogP contribution in [0.4, 0.5) is 0 Å². The number of benzene rings is 2. The highest BCUT2D eigenvalue weighted by Crippen LogP contribution is 2.39. The average molecular weight is 364 g/mol. The van der Waals surface area contributed by atoms with Gasteiger partial charge in [0.1, 0.15) is 0 Å². The zero-order chi connectivity index (χ0) is 19.0. The number of hydrogen-bond acceptors (Lipinski definition) is 2. The van der Waals surface area contributed by atoms with Crippen LogP contribution in [0.5, 0.6) is 0 Å². The molecule has 2 fully saturated rings. The summed E-state index contributed by atoms with van der Waals surface area (Å²) >= 11 is 0. The molecule has 2 aromatic rings. The van der Waals surface area contributed by atoms with Crippen molar-refractivity contribution in [3.63, 3.8) is 0 Å². The zero-order valence-corrected chi connectivity index (χ0v) is 16.1. The number of piperidine rings is 1. The Balaban J connectivity index is 1.43. The predicted octanol–water partition coefficient (Wildman–Crippen LogP) is 3.90. The largest absolute Gasteiger partial charge is 0.353 e. The molecule has 1 saturated carbocycles.